The highest BCUT2D eigenvalue weighted by molar-refractivity contribution is 6.00. The molecule has 1 aliphatic carbocycles. The van der Waals surface area contributed by atoms with Gasteiger partial charge in [0.1, 0.15) is 23.4 Å². The van der Waals surface area contributed by atoms with Crippen molar-refractivity contribution < 1.29 is 29.3 Å². The number of rotatable bonds is 8. The summed E-state index contributed by atoms with van der Waals surface area (Å²) in [6.45, 7) is 10.1. The summed E-state index contributed by atoms with van der Waals surface area (Å²) in [5.74, 6) is -1.21. The number of anilines is 1. The number of aryl methyl sites for hydroxylation is 2. The summed E-state index contributed by atoms with van der Waals surface area (Å²) in [5.41, 5.74) is 1.76. The summed E-state index contributed by atoms with van der Waals surface area (Å²) in [6.07, 6.45) is -0.223. The molecule has 3 amide bonds. The topological polar surface area (TPSA) is 128 Å². The van der Waals surface area contributed by atoms with Crippen molar-refractivity contribution in [2.45, 2.75) is 71.7 Å². The summed E-state index contributed by atoms with van der Waals surface area (Å²) in [7, 11) is 0. The number of aromatic hydroxyl groups is 1. The molecule has 4 atom stereocenters. The molecule has 4 N–H and O–H groups in total. The van der Waals surface area contributed by atoms with Gasteiger partial charge >= 0.3 is 6.09 Å². The van der Waals surface area contributed by atoms with Crippen molar-refractivity contribution >= 4 is 23.6 Å². The van der Waals surface area contributed by atoms with Gasteiger partial charge < -0.3 is 30.5 Å². The number of alkyl carbamates (subject to hydrolysis) is 1. The molecule has 0 aliphatic heterocycles. The number of phenolic OH excluding ortho intramolecular Hbond substituents is 1. The number of benzene rings is 2. The van der Waals surface area contributed by atoms with Crippen molar-refractivity contribution in [1.29, 1.82) is 0 Å². The molecule has 0 bridgehead atoms. The van der Waals surface area contributed by atoms with E-state index in [4.69, 9.17) is 4.74 Å². The Hall–Kier alpha value is -3.59. The molecule has 2 aromatic carbocycles. The van der Waals surface area contributed by atoms with Crippen molar-refractivity contribution in [1.82, 2.24) is 10.2 Å². The van der Waals surface area contributed by atoms with Crippen LogP contribution in [0.25, 0.3) is 0 Å². The molecular formula is C28H37N3O6. The van der Waals surface area contributed by atoms with Crippen LogP contribution >= 0.6 is 0 Å². The van der Waals surface area contributed by atoms with Crippen LogP contribution in [0.2, 0.25) is 0 Å². The fraction of sp³-hybridized carbons (Fsp3) is 0.464. The third kappa shape index (κ3) is 6.80. The molecule has 2 aromatic rings. The molecular weight excluding hydrogens is 474 g/mol. The largest absolute Gasteiger partial charge is 0.508 e. The number of carbonyl (C=O) groups excluding carboxylic acids is 3. The monoisotopic (exact) mass is 511 g/mol. The van der Waals surface area contributed by atoms with Crippen LogP contribution in [0.15, 0.2) is 42.5 Å². The molecule has 200 valence electrons. The van der Waals surface area contributed by atoms with Crippen LogP contribution in [-0.4, -0.2) is 57.3 Å². The number of nitrogens with one attached hydrogen (secondary N) is 2. The number of hydrogen-bond donors (Lipinski definition) is 4. The lowest BCUT2D eigenvalue weighted by molar-refractivity contribution is -0.142. The van der Waals surface area contributed by atoms with Crippen LogP contribution in [0.1, 0.15) is 56.8 Å². The molecule has 0 heterocycles. The number of aliphatic hydroxyl groups is 1. The average Bonchev–Trinajstić information content (AvgIpc) is 3.53. The van der Waals surface area contributed by atoms with Crippen molar-refractivity contribution in [3.8, 4) is 5.75 Å². The third-order valence-corrected chi connectivity index (χ3v) is 6.34. The predicted molar refractivity (Wildman–Crippen MR) is 140 cm³/mol. The minimum absolute atomic E-state index is 0.0890. The Morgan fingerprint density at radius 2 is 1.68 bits per heavy atom. The molecule has 0 radical (unpaired) electrons. The van der Waals surface area contributed by atoms with E-state index in [2.05, 4.69) is 10.6 Å². The maximum atomic E-state index is 13.9. The summed E-state index contributed by atoms with van der Waals surface area (Å²) in [5, 5.41) is 26.1. The first-order chi connectivity index (χ1) is 17.3. The smallest absolute Gasteiger partial charge is 0.408 e. The van der Waals surface area contributed by atoms with Crippen molar-refractivity contribution in [2.75, 3.05) is 11.9 Å². The van der Waals surface area contributed by atoms with Gasteiger partial charge in [0, 0.05) is 17.3 Å². The lowest BCUT2D eigenvalue weighted by atomic mass is 10.0. The van der Waals surface area contributed by atoms with E-state index in [1.165, 1.54) is 11.0 Å². The van der Waals surface area contributed by atoms with Crippen molar-refractivity contribution in [3.63, 3.8) is 0 Å². The molecule has 0 saturated heterocycles. The van der Waals surface area contributed by atoms with Crippen LogP contribution in [0.4, 0.5) is 10.5 Å². The number of aliphatic hydroxyl groups excluding tert-OH is 1. The Bertz CT molecular complexity index is 1140. The molecule has 1 saturated carbocycles. The van der Waals surface area contributed by atoms with Gasteiger partial charge in [-0.05, 0) is 64.2 Å². The highest BCUT2D eigenvalue weighted by atomic mass is 16.6. The zero-order chi connectivity index (χ0) is 27.5. The second-order valence-corrected chi connectivity index (χ2v) is 10.6. The summed E-state index contributed by atoms with van der Waals surface area (Å²) in [4.78, 5) is 41.5. The predicted octanol–water partition coefficient (Wildman–Crippen LogP) is 3.81. The highest BCUT2D eigenvalue weighted by Gasteiger charge is 2.48. The number of phenols is 1. The molecule has 1 fully saturated rings. The number of hydrogen-bond acceptors (Lipinski definition) is 6. The number of nitrogens with zero attached hydrogens (tertiary/aromatic N) is 1. The second-order valence-electron chi connectivity index (χ2n) is 10.6. The van der Waals surface area contributed by atoms with E-state index < -0.39 is 42.2 Å². The SMILES string of the molecule is Cc1cccc(C)c1NC(=O)C(c1ccccc1O)N(C(=O)C(CO)NC(=O)OC(C)(C)C)C1CC1C. The maximum Gasteiger partial charge on any atom is 0.408 e. The van der Waals surface area contributed by atoms with Gasteiger partial charge in [-0.25, -0.2) is 4.79 Å². The maximum absolute atomic E-state index is 13.9. The minimum atomic E-state index is -1.34. The minimum Gasteiger partial charge on any atom is -0.508 e. The first kappa shape index (κ1) is 28.0. The number of carbonyl (C=O) groups is 3. The van der Waals surface area contributed by atoms with E-state index in [9.17, 15) is 24.6 Å². The van der Waals surface area contributed by atoms with E-state index in [1.807, 2.05) is 39.0 Å². The summed E-state index contributed by atoms with van der Waals surface area (Å²) < 4.78 is 5.26. The van der Waals surface area contributed by atoms with Gasteiger partial charge in [0.2, 0.25) is 5.91 Å². The zero-order valence-electron chi connectivity index (χ0n) is 22.2. The first-order valence-corrected chi connectivity index (χ1v) is 12.4. The van der Waals surface area contributed by atoms with Gasteiger partial charge in [-0.15, -0.1) is 0 Å². The molecule has 37 heavy (non-hydrogen) atoms. The first-order valence-electron chi connectivity index (χ1n) is 12.4. The quantitative estimate of drug-likeness (QED) is 0.427. The van der Waals surface area contributed by atoms with E-state index in [-0.39, 0.29) is 23.3 Å². The lowest BCUT2D eigenvalue weighted by Crippen LogP contribution is -2.54. The van der Waals surface area contributed by atoms with Crippen LogP contribution in [-0.2, 0) is 14.3 Å². The Kier molecular flexibility index (Phi) is 8.48. The Morgan fingerprint density at radius 1 is 1.08 bits per heavy atom. The molecule has 9 nitrogen and oxygen atoms in total. The van der Waals surface area contributed by atoms with Crippen molar-refractivity contribution in [2.24, 2.45) is 5.92 Å². The number of ether oxygens (including phenoxy) is 1. The molecule has 4 unspecified atom stereocenters. The number of amides is 3. The van der Waals surface area contributed by atoms with E-state index in [0.717, 1.165) is 11.1 Å². The molecule has 3 rings (SSSR count). The Balaban J connectivity index is 2.02. The fourth-order valence-electron chi connectivity index (χ4n) is 4.33. The highest BCUT2D eigenvalue weighted by Crippen LogP contribution is 2.42. The van der Waals surface area contributed by atoms with Crippen molar-refractivity contribution in [3.05, 3.63) is 59.2 Å². The van der Waals surface area contributed by atoms with Crippen LogP contribution in [0, 0.1) is 19.8 Å². The van der Waals surface area contributed by atoms with Crippen LogP contribution in [0.5, 0.6) is 5.75 Å². The van der Waals surface area contributed by atoms with Gasteiger partial charge in [0.15, 0.2) is 0 Å². The standard InChI is InChI=1S/C28H37N3O6/c1-16-10-9-11-17(2)23(16)30-25(34)24(19-12-7-8-13-22(19)33)31(21-14-18(21)3)26(35)20(15-32)29-27(36)37-28(4,5)6/h7-13,18,20-21,24,32-33H,14-15H2,1-6H3,(H,29,36)(H,30,34). The summed E-state index contributed by atoms with van der Waals surface area (Å²) in [6, 6.07) is 9.10. The van der Waals surface area contributed by atoms with Gasteiger partial charge in [-0.3, -0.25) is 9.59 Å². The van der Waals surface area contributed by atoms with E-state index in [0.29, 0.717) is 12.1 Å². The second kappa shape index (κ2) is 11.2. The normalized spacial score (nSPS) is 18.4. The molecule has 9 heteroatoms. The van der Waals surface area contributed by atoms with Gasteiger partial charge in [-0.1, -0.05) is 43.3 Å². The molecule has 1 aliphatic rings. The van der Waals surface area contributed by atoms with Gasteiger partial charge in [0.25, 0.3) is 5.91 Å². The van der Waals surface area contributed by atoms with Gasteiger partial charge in [0.05, 0.1) is 6.61 Å². The molecule has 0 aromatic heterocycles. The Morgan fingerprint density at radius 3 is 2.19 bits per heavy atom. The molecule has 0 spiro atoms. The number of para-hydroxylation sites is 2. The summed E-state index contributed by atoms with van der Waals surface area (Å²) >= 11 is 0. The third-order valence-electron chi connectivity index (χ3n) is 6.34. The van der Waals surface area contributed by atoms with Crippen LogP contribution in [0.3, 0.4) is 0 Å². The lowest BCUT2D eigenvalue weighted by Gasteiger charge is -2.35. The van der Waals surface area contributed by atoms with E-state index >= 15 is 0 Å². The average molecular weight is 512 g/mol. The fourth-order valence-corrected chi connectivity index (χ4v) is 4.33. The van der Waals surface area contributed by atoms with Crippen LogP contribution < -0.4 is 10.6 Å². The zero-order valence-corrected chi connectivity index (χ0v) is 22.2. The Labute approximate surface area is 217 Å². The van der Waals surface area contributed by atoms with E-state index in [1.54, 1.807) is 39.0 Å². The van der Waals surface area contributed by atoms with Gasteiger partial charge in [-0.2, -0.15) is 0 Å².